The average Bonchev–Trinajstić information content (AvgIpc) is 2.72. The molecule has 0 aliphatic heterocycles. The molecule has 0 bridgehead atoms. The van der Waals surface area contributed by atoms with E-state index in [4.69, 9.17) is 0 Å². The topological polar surface area (TPSA) is 49.4 Å². The van der Waals surface area contributed by atoms with Crippen molar-refractivity contribution in [3.63, 3.8) is 0 Å². The Balaban J connectivity index is 2.39. The highest BCUT2D eigenvalue weighted by Gasteiger charge is 2.30. The van der Waals surface area contributed by atoms with E-state index in [9.17, 15) is 14.0 Å². The van der Waals surface area contributed by atoms with E-state index < -0.39 is 6.04 Å². The largest absolute Gasteiger partial charge is 0.352 e. The van der Waals surface area contributed by atoms with E-state index in [2.05, 4.69) is 5.32 Å². The van der Waals surface area contributed by atoms with Crippen molar-refractivity contribution >= 4 is 11.8 Å². The molecule has 5 heteroatoms. The maximum Gasteiger partial charge on any atom is 0.243 e. The third kappa shape index (κ3) is 6.70. The highest BCUT2D eigenvalue weighted by molar-refractivity contribution is 5.88. The van der Waals surface area contributed by atoms with Crippen LogP contribution >= 0.6 is 0 Å². The van der Waals surface area contributed by atoms with E-state index in [1.165, 1.54) is 11.0 Å². The maximum absolute atomic E-state index is 14.3. The van der Waals surface area contributed by atoms with Gasteiger partial charge in [-0.1, -0.05) is 62.4 Å². The van der Waals surface area contributed by atoms with Gasteiger partial charge < -0.3 is 10.2 Å². The van der Waals surface area contributed by atoms with E-state index in [0.29, 0.717) is 24.8 Å². The van der Waals surface area contributed by atoms with Crippen molar-refractivity contribution in [3.05, 3.63) is 71.5 Å². The Labute approximate surface area is 173 Å². The molecule has 0 spiro atoms. The number of hydrogen-bond donors (Lipinski definition) is 1. The van der Waals surface area contributed by atoms with Gasteiger partial charge in [0.05, 0.1) is 0 Å². The summed E-state index contributed by atoms with van der Waals surface area (Å²) in [4.78, 5) is 27.7. The van der Waals surface area contributed by atoms with Gasteiger partial charge >= 0.3 is 0 Å². The zero-order chi connectivity index (χ0) is 21.2. The van der Waals surface area contributed by atoms with Gasteiger partial charge in [-0.05, 0) is 31.4 Å². The van der Waals surface area contributed by atoms with Crippen molar-refractivity contribution in [2.24, 2.45) is 0 Å². The van der Waals surface area contributed by atoms with Crippen LogP contribution < -0.4 is 5.32 Å². The first kappa shape index (κ1) is 22.6. The van der Waals surface area contributed by atoms with E-state index in [1.54, 1.807) is 18.2 Å². The van der Waals surface area contributed by atoms with Crippen LogP contribution in [0.2, 0.25) is 0 Å². The fourth-order valence-electron chi connectivity index (χ4n) is 3.16. The molecule has 0 saturated carbocycles. The van der Waals surface area contributed by atoms with Crippen LogP contribution in [0.25, 0.3) is 0 Å². The second kappa shape index (κ2) is 11.3. The smallest absolute Gasteiger partial charge is 0.243 e. The minimum Gasteiger partial charge on any atom is -0.352 e. The molecule has 0 aliphatic carbocycles. The van der Waals surface area contributed by atoms with E-state index >= 15 is 0 Å². The highest BCUT2D eigenvalue weighted by atomic mass is 19.1. The fraction of sp³-hybridized carbons (Fsp3) is 0.417. The zero-order valence-corrected chi connectivity index (χ0v) is 17.5. The molecule has 0 saturated heterocycles. The van der Waals surface area contributed by atoms with Crippen molar-refractivity contribution in [1.82, 2.24) is 10.2 Å². The van der Waals surface area contributed by atoms with Gasteiger partial charge in [-0.15, -0.1) is 0 Å². The van der Waals surface area contributed by atoms with Crippen molar-refractivity contribution in [2.45, 2.75) is 65.1 Å². The van der Waals surface area contributed by atoms with E-state index in [0.717, 1.165) is 12.0 Å². The summed E-state index contributed by atoms with van der Waals surface area (Å²) in [5.41, 5.74) is 1.37. The molecule has 1 N–H and O–H groups in total. The minimum absolute atomic E-state index is 0.00244. The molecular formula is C24H31FN2O2. The Bertz CT molecular complexity index is 794. The second-order valence-corrected chi connectivity index (χ2v) is 7.39. The van der Waals surface area contributed by atoms with Crippen LogP contribution in [0.15, 0.2) is 54.6 Å². The fourth-order valence-corrected chi connectivity index (χ4v) is 3.16. The van der Waals surface area contributed by atoms with Crippen LogP contribution in [0, 0.1) is 5.82 Å². The lowest BCUT2D eigenvalue weighted by molar-refractivity contribution is -0.141. The number of nitrogens with one attached hydrogen (secondary N) is 1. The molecule has 2 atom stereocenters. The Morgan fingerprint density at radius 3 is 2.31 bits per heavy atom. The molecule has 2 aromatic rings. The summed E-state index contributed by atoms with van der Waals surface area (Å²) in [5, 5.41) is 3.00. The molecular weight excluding hydrogens is 367 g/mol. The normalized spacial score (nSPS) is 12.8. The van der Waals surface area contributed by atoms with Crippen molar-refractivity contribution < 1.29 is 14.0 Å². The number of carbonyl (C=O) groups excluding carboxylic acids is 2. The molecule has 0 radical (unpaired) electrons. The number of amides is 2. The molecule has 29 heavy (non-hydrogen) atoms. The van der Waals surface area contributed by atoms with Crippen LogP contribution in [-0.2, 0) is 22.6 Å². The number of halogens is 1. The van der Waals surface area contributed by atoms with Crippen molar-refractivity contribution in [3.8, 4) is 0 Å². The number of rotatable bonds is 10. The molecule has 0 fully saturated rings. The van der Waals surface area contributed by atoms with Gasteiger partial charge in [0, 0.05) is 31.0 Å². The van der Waals surface area contributed by atoms with Gasteiger partial charge in [0.15, 0.2) is 0 Å². The number of benzene rings is 2. The molecule has 0 aliphatic rings. The summed E-state index contributed by atoms with van der Waals surface area (Å²) in [7, 11) is 0. The van der Waals surface area contributed by atoms with Crippen LogP contribution in [0.3, 0.4) is 0 Å². The first-order valence-electron chi connectivity index (χ1n) is 10.3. The monoisotopic (exact) mass is 398 g/mol. The summed E-state index contributed by atoms with van der Waals surface area (Å²) in [5.74, 6) is -0.720. The van der Waals surface area contributed by atoms with Gasteiger partial charge in [-0.25, -0.2) is 4.39 Å². The molecule has 2 rings (SSSR count). The number of hydrogen-bond acceptors (Lipinski definition) is 2. The van der Waals surface area contributed by atoms with Crippen molar-refractivity contribution in [1.29, 1.82) is 0 Å². The maximum atomic E-state index is 14.3. The molecule has 156 valence electrons. The van der Waals surface area contributed by atoms with Crippen LogP contribution in [-0.4, -0.2) is 28.8 Å². The second-order valence-electron chi connectivity index (χ2n) is 7.39. The lowest BCUT2D eigenvalue weighted by Gasteiger charge is -2.32. The van der Waals surface area contributed by atoms with E-state index in [1.807, 2.05) is 51.1 Å². The quantitative estimate of drug-likeness (QED) is 0.641. The Morgan fingerprint density at radius 2 is 1.69 bits per heavy atom. The van der Waals surface area contributed by atoms with E-state index in [-0.39, 0.29) is 30.2 Å². The molecule has 0 heterocycles. The third-order valence-electron chi connectivity index (χ3n) is 5.03. The van der Waals surface area contributed by atoms with Crippen LogP contribution in [0.4, 0.5) is 4.39 Å². The van der Waals surface area contributed by atoms with Crippen LogP contribution in [0.5, 0.6) is 0 Å². The molecule has 2 aromatic carbocycles. The Morgan fingerprint density at radius 1 is 1.03 bits per heavy atom. The lowest BCUT2D eigenvalue weighted by Crippen LogP contribution is -2.52. The minimum atomic E-state index is -0.704. The summed E-state index contributed by atoms with van der Waals surface area (Å²) in [6, 6.07) is 15.3. The summed E-state index contributed by atoms with van der Waals surface area (Å²) in [6.45, 7) is 5.92. The van der Waals surface area contributed by atoms with Gasteiger partial charge in [0.2, 0.25) is 11.8 Å². The highest BCUT2D eigenvalue weighted by Crippen LogP contribution is 2.18. The third-order valence-corrected chi connectivity index (χ3v) is 5.03. The number of nitrogens with zero attached hydrogens (tertiary/aromatic N) is 1. The molecule has 0 aromatic heterocycles. The van der Waals surface area contributed by atoms with Gasteiger partial charge in [-0.3, -0.25) is 9.59 Å². The predicted octanol–water partition coefficient (Wildman–Crippen LogP) is 4.48. The predicted molar refractivity (Wildman–Crippen MR) is 114 cm³/mol. The van der Waals surface area contributed by atoms with Crippen LogP contribution in [0.1, 0.15) is 51.2 Å². The molecule has 4 nitrogen and oxygen atoms in total. The SMILES string of the molecule is CCCC(=O)N(Cc1ccccc1F)[C@H](Cc1ccccc1)C(=O)N[C@@H](C)CC. The number of carbonyl (C=O) groups is 2. The first-order chi connectivity index (χ1) is 14.0. The summed E-state index contributed by atoms with van der Waals surface area (Å²) in [6.07, 6.45) is 2.15. The standard InChI is InChI=1S/C24H31FN2O2/c1-4-11-23(28)27(17-20-14-9-10-15-21(20)25)22(24(29)26-18(3)5-2)16-19-12-7-6-8-13-19/h6-10,12-15,18,22H,4-5,11,16-17H2,1-3H3,(H,26,29)/t18-,22+/m0/s1. The van der Waals surface area contributed by atoms with Gasteiger partial charge in [0.1, 0.15) is 11.9 Å². The van der Waals surface area contributed by atoms with Gasteiger partial charge in [-0.2, -0.15) is 0 Å². The lowest BCUT2D eigenvalue weighted by atomic mass is 10.0. The summed E-state index contributed by atoms with van der Waals surface area (Å²) >= 11 is 0. The van der Waals surface area contributed by atoms with Crippen molar-refractivity contribution in [2.75, 3.05) is 0 Å². The zero-order valence-electron chi connectivity index (χ0n) is 17.5. The average molecular weight is 399 g/mol. The molecule has 2 amide bonds. The molecule has 0 unspecified atom stereocenters. The Hall–Kier alpha value is -2.69. The first-order valence-corrected chi connectivity index (χ1v) is 10.3. The Kier molecular flexibility index (Phi) is 8.84. The van der Waals surface area contributed by atoms with Gasteiger partial charge in [0.25, 0.3) is 0 Å². The summed E-state index contributed by atoms with van der Waals surface area (Å²) < 4.78 is 14.3.